The Morgan fingerprint density at radius 1 is 0.763 bits per heavy atom. The molecule has 0 spiro atoms. The van der Waals surface area contributed by atoms with E-state index in [-0.39, 0.29) is 11.9 Å². The molecule has 2 aromatic carbocycles. The SMILES string of the molecule is O=C(CCCCCCN1C(=O)CSC1CCCCOCCCOCc1ccccc1)OCc1ccccc1. The minimum absolute atomic E-state index is 0.139. The van der Waals surface area contributed by atoms with Crippen molar-refractivity contribution < 1.29 is 23.8 Å². The molecule has 0 aromatic heterocycles. The first kappa shape index (κ1) is 30.2. The van der Waals surface area contributed by atoms with Gasteiger partial charge in [-0.1, -0.05) is 73.5 Å². The number of thioether (sulfide) groups is 1. The molecular formula is C31H43NO5S. The van der Waals surface area contributed by atoms with Gasteiger partial charge < -0.3 is 19.1 Å². The Balaban J connectivity index is 1.13. The molecule has 0 N–H and O–H groups in total. The molecule has 3 rings (SSSR count). The first-order chi connectivity index (χ1) is 18.7. The summed E-state index contributed by atoms with van der Waals surface area (Å²) in [6.07, 6.45) is 8.29. The van der Waals surface area contributed by atoms with Crippen molar-refractivity contribution in [3.05, 3.63) is 71.8 Å². The molecule has 0 aliphatic carbocycles. The van der Waals surface area contributed by atoms with Crippen molar-refractivity contribution in [2.75, 3.05) is 32.1 Å². The van der Waals surface area contributed by atoms with Crippen LogP contribution in [-0.2, 0) is 37.0 Å². The molecule has 0 bridgehead atoms. The van der Waals surface area contributed by atoms with Crippen molar-refractivity contribution in [3.8, 4) is 0 Å². The Kier molecular flexibility index (Phi) is 15.0. The second-order valence-electron chi connectivity index (χ2n) is 9.66. The van der Waals surface area contributed by atoms with E-state index in [1.807, 2.05) is 48.5 Å². The highest BCUT2D eigenvalue weighted by molar-refractivity contribution is 8.00. The van der Waals surface area contributed by atoms with Gasteiger partial charge in [0, 0.05) is 32.8 Å². The molecule has 38 heavy (non-hydrogen) atoms. The minimum Gasteiger partial charge on any atom is -0.461 e. The van der Waals surface area contributed by atoms with E-state index in [1.54, 1.807) is 11.8 Å². The number of ether oxygens (including phenoxy) is 3. The fourth-order valence-electron chi connectivity index (χ4n) is 4.38. The molecule has 6 nitrogen and oxygen atoms in total. The summed E-state index contributed by atoms with van der Waals surface area (Å²) in [5, 5.41) is 0.293. The Morgan fingerprint density at radius 3 is 2.18 bits per heavy atom. The fourth-order valence-corrected chi connectivity index (χ4v) is 5.61. The van der Waals surface area contributed by atoms with Crippen molar-refractivity contribution >= 4 is 23.6 Å². The monoisotopic (exact) mass is 541 g/mol. The topological polar surface area (TPSA) is 65.1 Å². The van der Waals surface area contributed by atoms with Crippen LogP contribution in [0.25, 0.3) is 0 Å². The lowest BCUT2D eigenvalue weighted by Gasteiger charge is -2.24. The number of carbonyl (C=O) groups is 2. The zero-order valence-corrected chi connectivity index (χ0v) is 23.4. The maximum atomic E-state index is 12.3. The van der Waals surface area contributed by atoms with E-state index < -0.39 is 0 Å². The summed E-state index contributed by atoms with van der Waals surface area (Å²) in [7, 11) is 0. The molecule has 2 aromatic rings. The third-order valence-corrected chi connectivity index (χ3v) is 7.81. The molecule has 1 unspecified atom stereocenters. The van der Waals surface area contributed by atoms with E-state index in [2.05, 4.69) is 17.0 Å². The minimum atomic E-state index is -0.139. The van der Waals surface area contributed by atoms with Crippen molar-refractivity contribution in [1.82, 2.24) is 4.90 Å². The maximum absolute atomic E-state index is 12.3. The molecule has 1 aliphatic heterocycles. The van der Waals surface area contributed by atoms with Crippen LogP contribution in [0.15, 0.2) is 60.7 Å². The molecule has 1 heterocycles. The first-order valence-electron chi connectivity index (χ1n) is 14.0. The second kappa shape index (κ2) is 18.8. The molecule has 1 atom stereocenters. The average molecular weight is 542 g/mol. The fraction of sp³-hybridized carbons (Fsp3) is 0.548. The molecule has 208 valence electrons. The zero-order chi connectivity index (χ0) is 26.7. The average Bonchev–Trinajstić information content (AvgIpc) is 3.30. The lowest BCUT2D eigenvalue weighted by Crippen LogP contribution is -2.33. The van der Waals surface area contributed by atoms with Crippen molar-refractivity contribution in [3.63, 3.8) is 0 Å². The van der Waals surface area contributed by atoms with Gasteiger partial charge in [0.1, 0.15) is 6.61 Å². The van der Waals surface area contributed by atoms with E-state index >= 15 is 0 Å². The number of amides is 1. The summed E-state index contributed by atoms with van der Waals surface area (Å²) in [6, 6.07) is 20.0. The highest BCUT2D eigenvalue weighted by Gasteiger charge is 2.30. The molecule has 1 saturated heterocycles. The number of nitrogens with zero attached hydrogens (tertiary/aromatic N) is 1. The summed E-state index contributed by atoms with van der Waals surface area (Å²) in [5.74, 6) is 0.717. The number of carbonyl (C=O) groups excluding carboxylic acids is 2. The van der Waals surface area contributed by atoms with Crippen LogP contribution in [0.3, 0.4) is 0 Å². The summed E-state index contributed by atoms with van der Waals surface area (Å²) in [6.45, 7) is 4.00. The number of hydrogen-bond donors (Lipinski definition) is 0. The van der Waals surface area contributed by atoms with Gasteiger partial charge in [-0.2, -0.15) is 0 Å². The van der Waals surface area contributed by atoms with Crippen LogP contribution < -0.4 is 0 Å². The van der Waals surface area contributed by atoms with Crippen LogP contribution in [0.5, 0.6) is 0 Å². The van der Waals surface area contributed by atoms with Gasteiger partial charge in [-0.05, 0) is 49.7 Å². The van der Waals surface area contributed by atoms with E-state index in [9.17, 15) is 9.59 Å². The third-order valence-electron chi connectivity index (χ3n) is 6.52. The largest absolute Gasteiger partial charge is 0.461 e. The van der Waals surface area contributed by atoms with Gasteiger partial charge in [-0.3, -0.25) is 9.59 Å². The molecule has 7 heteroatoms. The van der Waals surface area contributed by atoms with Crippen molar-refractivity contribution in [2.24, 2.45) is 0 Å². The Bertz CT molecular complexity index is 911. The smallest absolute Gasteiger partial charge is 0.306 e. The quantitative estimate of drug-likeness (QED) is 0.143. The summed E-state index contributed by atoms with van der Waals surface area (Å²) < 4.78 is 16.8. The molecule has 1 amide bonds. The number of benzene rings is 2. The van der Waals surface area contributed by atoms with Crippen LogP contribution in [0.2, 0.25) is 0 Å². The first-order valence-corrected chi connectivity index (χ1v) is 15.1. The lowest BCUT2D eigenvalue weighted by atomic mass is 10.1. The number of esters is 1. The Labute approximate surface area is 232 Å². The molecule has 1 fully saturated rings. The van der Waals surface area contributed by atoms with Gasteiger partial charge >= 0.3 is 5.97 Å². The molecular weight excluding hydrogens is 498 g/mol. The van der Waals surface area contributed by atoms with Gasteiger partial charge in [-0.15, -0.1) is 11.8 Å². The predicted octanol–water partition coefficient (Wildman–Crippen LogP) is 6.38. The zero-order valence-electron chi connectivity index (χ0n) is 22.6. The molecule has 1 aliphatic rings. The maximum Gasteiger partial charge on any atom is 0.306 e. The van der Waals surface area contributed by atoms with Crippen molar-refractivity contribution in [2.45, 2.75) is 76.4 Å². The molecule has 0 radical (unpaired) electrons. The number of unbranched alkanes of at least 4 members (excludes halogenated alkanes) is 4. The van der Waals surface area contributed by atoms with E-state index in [1.165, 1.54) is 5.56 Å². The number of hydrogen-bond acceptors (Lipinski definition) is 6. The normalized spacial score (nSPS) is 15.2. The van der Waals surface area contributed by atoms with Crippen LogP contribution in [0.1, 0.15) is 68.9 Å². The Morgan fingerprint density at radius 2 is 1.42 bits per heavy atom. The van der Waals surface area contributed by atoms with Gasteiger partial charge in [0.05, 0.1) is 17.7 Å². The van der Waals surface area contributed by atoms with E-state index in [0.717, 1.165) is 76.7 Å². The van der Waals surface area contributed by atoms with Gasteiger partial charge in [0.25, 0.3) is 0 Å². The Hall–Kier alpha value is -2.35. The van der Waals surface area contributed by atoms with Gasteiger partial charge in [-0.25, -0.2) is 0 Å². The predicted molar refractivity (Wildman–Crippen MR) is 153 cm³/mol. The standard InChI is InChI=1S/C31H43NO5S/c33-29-26-38-30(18-10-12-21-35-22-13-23-36-24-27-14-5-3-6-15-27)32(29)20-11-2-1-9-19-31(34)37-25-28-16-7-4-8-17-28/h3-8,14-17,30H,1-2,9-13,18-26H2. The van der Waals surface area contributed by atoms with E-state index in [4.69, 9.17) is 14.2 Å². The van der Waals surface area contributed by atoms with Crippen LogP contribution >= 0.6 is 11.8 Å². The van der Waals surface area contributed by atoms with E-state index in [0.29, 0.717) is 37.4 Å². The number of rotatable bonds is 20. The lowest BCUT2D eigenvalue weighted by molar-refractivity contribution is -0.145. The van der Waals surface area contributed by atoms with Crippen LogP contribution in [0.4, 0.5) is 0 Å². The summed E-state index contributed by atoms with van der Waals surface area (Å²) in [5.41, 5.74) is 2.21. The van der Waals surface area contributed by atoms with Gasteiger partial charge in [0.2, 0.25) is 5.91 Å². The third kappa shape index (κ3) is 12.5. The van der Waals surface area contributed by atoms with Crippen LogP contribution in [0, 0.1) is 0 Å². The summed E-state index contributed by atoms with van der Waals surface area (Å²) >= 11 is 1.77. The van der Waals surface area contributed by atoms with Gasteiger partial charge in [0.15, 0.2) is 0 Å². The second-order valence-corrected chi connectivity index (χ2v) is 10.8. The summed E-state index contributed by atoms with van der Waals surface area (Å²) in [4.78, 5) is 26.3. The van der Waals surface area contributed by atoms with Crippen LogP contribution in [-0.4, -0.2) is 54.3 Å². The highest BCUT2D eigenvalue weighted by atomic mass is 32.2. The molecule has 0 saturated carbocycles. The highest BCUT2D eigenvalue weighted by Crippen LogP contribution is 2.29. The van der Waals surface area contributed by atoms with Crippen molar-refractivity contribution in [1.29, 1.82) is 0 Å².